The average molecular weight is 486 g/mol. The highest BCUT2D eigenvalue weighted by Gasteiger charge is 2.19. The molecule has 1 N–H and O–H groups in total. The molecule has 0 unspecified atom stereocenters. The molecular formula is C37H27N. The number of hydrogen-bond donors (Lipinski definition) is 1. The van der Waals surface area contributed by atoms with Gasteiger partial charge in [0.2, 0.25) is 0 Å². The molecule has 0 amide bonds. The molecule has 0 fully saturated rings. The van der Waals surface area contributed by atoms with Crippen LogP contribution in [0.1, 0.15) is 11.1 Å². The molecule has 0 aromatic heterocycles. The summed E-state index contributed by atoms with van der Waals surface area (Å²) in [6, 6.07) is 44.3. The van der Waals surface area contributed by atoms with Crippen LogP contribution in [0, 0.1) is 12.3 Å². The maximum atomic E-state index is 7.77. The van der Waals surface area contributed by atoms with Gasteiger partial charge in [-0.3, -0.25) is 0 Å². The molecule has 38 heavy (non-hydrogen) atoms. The molecule has 0 spiro atoms. The Labute approximate surface area is 222 Å². The topological polar surface area (TPSA) is 23.9 Å². The van der Waals surface area contributed by atoms with E-state index < -0.39 is 0 Å². The summed E-state index contributed by atoms with van der Waals surface area (Å²) >= 11 is 0. The molecule has 7 aromatic carbocycles. The minimum absolute atomic E-state index is 0.625. The van der Waals surface area contributed by atoms with Crippen molar-refractivity contribution in [2.24, 2.45) is 0 Å². The van der Waals surface area contributed by atoms with Crippen LogP contribution < -0.4 is 0 Å². The molecule has 7 aromatic rings. The minimum atomic E-state index is 0.625. The van der Waals surface area contributed by atoms with Crippen molar-refractivity contribution in [3.63, 3.8) is 0 Å². The highest BCUT2D eigenvalue weighted by Crippen LogP contribution is 2.47. The lowest BCUT2D eigenvalue weighted by atomic mass is 9.82. The summed E-state index contributed by atoms with van der Waals surface area (Å²) in [7, 11) is 0. The fraction of sp³-hybridized carbons (Fsp3) is 0.0541. The Balaban J connectivity index is 1.72. The molecule has 0 saturated heterocycles. The van der Waals surface area contributed by atoms with E-state index in [9.17, 15) is 0 Å². The molecule has 0 aliphatic carbocycles. The summed E-state index contributed by atoms with van der Waals surface area (Å²) in [6.45, 7) is 2.18. The van der Waals surface area contributed by atoms with E-state index in [2.05, 4.69) is 128 Å². The summed E-state index contributed by atoms with van der Waals surface area (Å²) < 4.78 is 0. The van der Waals surface area contributed by atoms with Crippen molar-refractivity contribution in [2.45, 2.75) is 13.3 Å². The van der Waals surface area contributed by atoms with Crippen LogP contribution in [-0.2, 0) is 6.42 Å². The van der Waals surface area contributed by atoms with Crippen molar-refractivity contribution in [3.8, 4) is 22.3 Å². The van der Waals surface area contributed by atoms with Crippen molar-refractivity contribution < 1.29 is 0 Å². The van der Waals surface area contributed by atoms with E-state index in [1.165, 1.54) is 77.1 Å². The lowest BCUT2D eigenvalue weighted by molar-refractivity contribution is 1.34. The Morgan fingerprint density at radius 3 is 1.63 bits per heavy atom. The lowest BCUT2D eigenvalue weighted by Crippen LogP contribution is -1.94. The van der Waals surface area contributed by atoms with Gasteiger partial charge in [0.1, 0.15) is 0 Å². The van der Waals surface area contributed by atoms with Crippen molar-refractivity contribution in [1.29, 1.82) is 5.41 Å². The third-order valence-corrected chi connectivity index (χ3v) is 7.79. The molecule has 1 heteroatoms. The number of nitrogens with one attached hydrogen (secondary N) is 1. The zero-order valence-corrected chi connectivity index (χ0v) is 21.3. The normalized spacial score (nSPS) is 11.5. The van der Waals surface area contributed by atoms with Gasteiger partial charge in [-0.05, 0) is 84.0 Å². The first kappa shape index (κ1) is 22.4. The van der Waals surface area contributed by atoms with Gasteiger partial charge in [-0.15, -0.1) is 0 Å². The molecule has 1 nitrogen and oxygen atoms in total. The molecule has 0 heterocycles. The van der Waals surface area contributed by atoms with E-state index in [0.29, 0.717) is 6.42 Å². The summed E-state index contributed by atoms with van der Waals surface area (Å²) in [6.07, 6.45) is 2.12. The molecule has 0 bridgehead atoms. The Bertz CT molecular complexity index is 2020. The smallest absolute Gasteiger partial charge is 0.00716 e. The number of fused-ring (bicyclic) bond motifs is 4. The third-order valence-electron chi connectivity index (χ3n) is 7.79. The third kappa shape index (κ3) is 3.51. The van der Waals surface area contributed by atoms with Gasteiger partial charge >= 0.3 is 0 Å². The quantitative estimate of drug-likeness (QED) is 0.189. The van der Waals surface area contributed by atoms with Gasteiger partial charge in [0.25, 0.3) is 0 Å². The van der Waals surface area contributed by atoms with Crippen molar-refractivity contribution >= 4 is 49.3 Å². The first-order chi connectivity index (χ1) is 18.7. The monoisotopic (exact) mass is 485 g/mol. The van der Waals surface area contributed by atoms with E-state index in [4.69, 9.17) is 5.41 Å². The minimum Gasteiger partial charge on any atom is -0.313 e. The van der Waals surface area contributed by atoms with Crippen molar-refractivity contribution in [3.05, 3.63) is 132 Å². The molecule has 0 atom stereocenters. The van der Waals surface area contributed by atoms with Crippen LogP contribution in [-0.4, -0.2) is 6.21 Å². The number of aryl methyl sites for hydroxylation is 1. The molecule has 0 saturated carbocycles. The van der Waals surface area contributed by atoms with Gasteiger partial charge in [0, 0.05) is 6.42 Å². The van der Waals surface area contributed by atoms with Gasteiger partial charge in [-0.2, -0.15) is 0 Å². The second kappa shape index (κ2) is 8.97. The Morgan fingerprint density at radius 1 is 0.500 bits per heavy atom. The summed E-state index contributed by atoms with van der Waals surface area (Å²) in [5, 5.41) is 17.8. The first-order valence-corrected chi connectivity index (χ1v) is 13.2. The summed E-state index contributed by atoms with van der Waals surface area (Å²) in [5.74, 6) is 0. The number of hydrogen-bond acceptors (Lipinski definition) is 1. The van der Waals surface area contributed by atoms with Gasteiger partial charge in [-0.25, -0.2) is 0 Å². The van der Waals surface area contributed by atoms with Crippen LogP contribution >= 0.6 is 0 Å². The van der Waals surface area contributed by atoms with Gasteiger partial charge in [0.05, 0.1) is 0 Å². The van der Waals surface area contributed by atoms with Gasteiger partial charge in [-0.1, -0.05) is 127 Å². The zero-order chi connectivity index (χ0) is 25.6. The Morgan fingerprint density at radius 2 is 1.03 bits per heavy atom. The van der Waals surface area contributed by atoms with Crippen LogP contribution in [0.5, 0.6) is 0 Å². The van der Waals surface area contributed by atoms with Crippen LogP contribution in [0.2, 0.25) is 0 Å². The Hall–Kier alpha value is -4.75. The second-order valence-electron chi connectivity index (χ2n) is 10.1. The fourth-order valence-corrected chi connectivity index (χ4v) is 6.10. The van der Waals surface area contributed by atoms with Crippen LogP contribution in [0.25, 0.3) is 65.3 Å². The maximum absolute atomic E-state index is 7.77. The van der Waals surface area contributed by atoms with E-state index in [0.717, 1.165) is 5.56 Å². The highest BCUT2D eigenvalue weighted by molar-refractivity contribution is 6.25. The maximum Gasteiger partial charge on any atom is 0.00716 e. The molecule has 0 radical (unpaired) electrons. The van der Waals surface area contributed by atoms with Crippen molar-refractivity contribution in [1.82, 2.24) is 0 Å². The molecular weight excluding hydrogens is 458 g/mol. The molecule has 7 rings (SSSR count). The lowest BCUT2D eigenvalue weighted by Gasteiger charge is -2.20. The largest absolute Gasteiger partial charge is 0.313 e. The molecule has 0 aliphatic rings. The van der Waals surface area contributed by atoms with Crippen LogP contribution in [0.3, 0.4) is 0 Å². The van der Waals surface area contributed by atoms with E-state index in [1.54, 1.807) is 0 Å². The standard InChI is InChI=1S/C37H27N/c1-24-16-18-32-34(22-24)36(30-14-6-10-26-8-2-4-12-28(26)30)33-19-17-25(20-21-38)23-35(33)37(32)31-15-7-11-27-9-3-5-13-29(27)31/h2-19,21-23,38H,20H2,1H3. The number of rotatable bonds is 4. The fourth-order valence-electron chi connectivity index (χ4n) is 6.10. The Kier molecular flexibility index (Phi) is 5.30. The van der Waals surface area contributed by atoms with E-state index in [1.807, 2.05) is 0 Å². The summed E-state index contributed by atoms with van der Waals surface area (Å²) in [5.41, 5.74) is 7.46. The molecule has 0 aliphatic heterocycles. The highest BCUT2D eigenvalue weighted by atomic mass is 14.3. The van der Waals surface area contributed by atoms with Crippen LogP contribution in [0.15, 0.2) is 121 Å². The van der Waals surface area contributed by atoms with E-state index >= 15 is 0 Å². The predicted octanol–water partition coefficient (Wildman–Crippen LogP) is 10.1. The number of benzene rings is 7. The second-order valence-corrected chi connectivity index (χ2v) is 10.1. The zero-order valence-electron chi connectivity index (χ0n) is 21.3. The average Bonchev–Trinajstić information content (AvgIpc) is 2.96. The first-order valence-electron chi connectivity index (χ1n) is 13.2. The van der Waals surface area contributed by atoms with Crippen molar-refractivity contribution in [2.75, 3.05) is 0 Å². The molecule has 180 valence electrons. The summed E-state index contributed by atoms with van der Waals surface area (Å²) in [4.78, 5) is 0. The SMILES string of the molecule is Cc1ccc2c(-c3cccc4ccccc34)c3cc(CC=N)ccc3c(-c3cccc4ccccc34)c2c1. The van der Waals surface area contributed by atoms with Gasteiger partial charge in [0.15, 0.2) is 0 Å². The predicted molar refractivity (Wildman–Crippen MR) is 165 cm³/mol. The van der Waals surface area contributed by atoms with E-state index in [-0.39, 0.29) is 0 Å². The van der Waals surface area contributed by atoms with Gasteiger partial charge < -0.3 is 5.41 Å². The van der Waals surface area contributed by atoms with Crippen LogP contribution in [0.4, 0.5) is 0 Å².